The van der Waals surface area contributed by atoms with Crippen molar-refractivity contribution in [2.45, 2.75) is 13.0 Å². The van der Waals surface area contributed by atoms with Crippen molar-refractivity contribution in [1.29, 1.82) is 5.26 Å². The molecule has 25 heavy (non-hydrogen) atoms. The number of ether oxygens (including phenoxy) is 1. The van der Waals surface area contributed by atoms with Crippen molar-refractivity contribution in [3.8, 4) is 11.8 Å². The van der Waals surface area contributed by atoms with Gasteiger partial charge in [0.15, 0.2) is 17.7 Å². The van der Waals surface area contributed by atoms with Gasteiger partial charge in [0.25, 0.3) is 5.91 Å². The first kappa shape index (κ1) is 18.1. The SMILES string of the molecule is CC(Oc1ccc(F)c(F)c1)C(=O)NCCNc1ncccc1C#N. The Balaban J connectivity index is 1.77. The van der Waals surface area contributed by atoms with Gasteiger partial charge >= 0.3 is 0 Å². The van der Waals surface area contributed by atoms with E-state index in [0.29, 0.717) is 17.9 Å². The molecule has 1 aromatic heterocycles. The Labute approximate surface area is 143 Å². The predicted molar refractivity (Wildman–Crippen MR) is 86.9 cm³/mol. The van der Waals surface area contributed by atoms with E-state index in [1.54, 1.807) is 18.3 Å². The first-order valence-electron chi connectivity index (χ1n) is 7.49. The molecule has 0 saturated heterocycles. The van der Waals surface area contributed by atoms with Gasteiger partial charge in [-0.1, -0.05) is 0 Å². The largest absolute Gasteiger partial charge is 0.481 e. The fraction of sp³-hybridized carbons (Fsp3) is 0.235. The lowest BCUT2D eigenvalue weighted by Gasteiger charge is -2.15. The highest BCUT2D eigenvalue weighted by atomic mass is 19.2. The summed E-state index contributed by atoms with van der Waals surface area (Å²) in [6, 6.07) is 8.35. The molecule has 6 nitrogen and oxygen atoms in total. The van der Waals surface area contributed by atoms with Gasteiger partial charge in [0.05, 0.1) is 5.56 Å². The van der Waals surface area contributed by atoms with Gasteiger partial charge in [0, 0.05) is 25.4 Å². The Morgan fingerprint density at radius 3 is 2.84 bits per heavy atom. The number of anilines is 1. The maximum absolute atomic E-state index is 13.1. The van der Waals surface area contributed by atoms with E-state index in [1.165, 1.54) is 13.0 Å². The van der Waals surface area contributed by atoms with Crippen LogP contribution >= 0.6 is 0 Å². The lowest BCUT2D eigenvalue weighted by atomic mass is 10.3. The maximum atomic E-state index is 13.1. The van der Waals surface area contributed by atoms with Crippen LogP contribution in [0.5, 0.6) is 5.75 Å². The Morgan fingerprint density at radius 2 is 2.12 bits per heavy atom. The summed E-state index contributed by atoms with van der Waals surface area (Å²) in [6.07, 6.45) is 0.675. The molecular weight excluding hydrogens is 330 g/mol. The number of halogens is 2. The molecule has 1 aromatic carbocycles. The van der Waals surface area contributed by atoms with Crippen molar-refractivity contribution < 1.29 is 18.3 Å². The zero-order chi connectivity index (χ0) is 18.2. The Hall–Kier alpha value is -3.21. The Kier molecular flexibility index (Phi) is 6.23. The normalized spacial score (nSPS) is 11.3. The third-order valence-electron chi connectivity index (χ3n) is 3.22. The number of benzene rings is 1. The van der Waals surface area contributed by atoms with Crippen LogP contribution in [0.4, 0.5) is 14.6 Å². The van der Waals surface area contributed by atoms with Crippen molar-refractivity contribution in [3.63, 3.8) is 0 Å². The zero-order valence-electron chi connectivity index (χ0n) is 13.4. The molecule has 1 amide bonds. The first-order valence-corrected chi connectivity index (χ1v) is 7.49. The highest BCUT2D eigenvalue weighted by Gasteiger charge is 2.15. The second-order valence-corrected chi connectivity index (χ2v) is 5.07. The van der Waals surface area contributed by atoms with Crippen LogP contribution in [-0.2, 0) is 4.79 Å². The predicted octanol–water partition coefficient (Wildman–Crippen LogP) is 2.23. The molecule has 2 aromatic rings. The van der Waals surface area contributed by atoms with Crippen LogP contribution in [0, 0.1) is 23.0 Å². The molecule has 2 N–H and O–H groups in total. The van der Waals surface area contributed by atoms with Crippen LogP contribution < -0.4 is 15.4 Å². The zero-order valence-corrected chi connectivity index (χ0v) is 13.4. The maximum Gasteiger partial charge on any atom is 0.260 e. The molecular formula is C17H16F2N4O2. The second-order valence-electron chi connectivity index (χ2n) is 5.07. The number of hydrogen-bond donors (Lipinski definition) is 2. The fourth-order valence-electron chi connectivity index (χ4n) is 1.95. The number of rotatable bonds is 7. The van der Waals surface area contributed by atoms with E-state index < -0.39 is 23.6 Å². The average Bonchev–Trinajstić information content (AvgIpc) is 2.62. The molecule has 2 rings (SSSR count). The quantitative estimate of drug-likeness (QED) is 0.751. The van der Waals surface area contributed by atoms with Gasteiger partial charge in [-0.2, -0.15) is 5.26 Å². The van der Waals surface area contributed by atoms with E-state index in [1.807, 2.05) is 6.07 Å². The summed E-state index contributed by atoms with van der Waals surface area (Å²) in [5.74, 6) is -1.94. The van der Waals surface area contributed by atoms with Crippen molar-refractivity contribution in [2.75, 3.05) is 18.4 Å². The smallest absolute Gasteiger partial charge is 0.260 e. The number of carbonyl (C=O) groups is 1. The number of nitrogens with one attached hydrogen (secondary N) is 2. The number of nitrogens with zero attached hydrogens (tertiary/aromatic N) is 2. The summed E-state index contributed by atoms with van der Waals surface area (Å²) in [5.41, 5.74) is 0.406. The fourth-order valence-corrected chi connectivity index (χ4v) is 1.95. The molecule has 1 unspecified atom stereocenters. The minimum Gasteiger partial charge on any atom is -0.481 e. The van der Waals surface area contributed by atoms with Crippen LogP contribution in [0.3, 0.4) is 0 Å². The Morgan fingerprint density at radius 1 is 1.32 bits per heavy atom. The molecule has 0 saturated carbocycles. The number of pyridine rings is 1. The highest BCUT2D eigenvalue weighted by molar-refractivity contribution is 5.80. The first-order chi connectivity index (χ1) is 12.0. The van der Waals surface area contributed by atoms with Gasteiger partial charge in [-0.05, 0) is 31.2 Å². The van der Waals surface area contributed by atoms with Crippen LogP contribution in [0.15, 0.2) is 36.5 Å². The third-order valence-corrected chi connectivity index (χ3v) is 3.22. The van der Waals surface area contributed by atoms with E-state index in [2.05, 4.69) is 15.6 Å². The van der Waals surface area contributed by atoms with E-state index in [0.717, 1.165) is 12.1 Å². The molecule has 8 heteroatoms. The molecule has 0 radical (unpaired) electrons. The summed E-state index contributed by atoms with van der Waals surface area (Å²) in [5, 5.41) is 14.5. The average molecular weight is 346 g/mol. The molecule has 0 aliphatic rings. The van der Waals surface area contributed by atoms with Gasteiger partial charge in [-0.25, -0.2) is 13.8 Å². The van der Waals surface area contributed by atoms with Gasteiger partial charge in [0.1, 0.15) is 17.6 Å². The van der Waals surface area contributed by atoms with Crippen molar-refractivity contribution in [2.24, 2.45) is 0 Å². The number of hydrogen-bond acceptors (Lipinski definition) is 5. The number of aromatic nitrogens is 1. The summed E-state index contributed by atoms with van der Waals surface area (Å²) in [7, 11) is 0. The van der Waals surface area contributed by atoms with E-state index >= 15 is 0 Å². The molecule has 1 heterocycles. The molecule has 0 spiro atoms. The molecule has 0 bridgehead atoms. The van der Waals surface area contributed by atoms with Crippen molar-refractivity contribution >= 4 is 11.7 Å². The van der Waals surface area contributed by atoms with Crippen LogP contribution in [-0.4, -0.2) is 30.1 Å². The van der Waals surface area contributed by atoms with Gasteiger partial charge < -0.3 is 15.4 Å². The van der Waals surface area contributed by atoms with E-state index in [9.17, 15) is 13.6 Å². The van der Waals surface area contributed by atoms with E-state index in [-0.39, 0.29) is 12.3 Å². The summed E-state index contributed by atoms with van der Waals surface area (Å²) in [6.45, 7) is 2.12. The van der Waals surface area contributed by atoms with Gasteiger partial charge in [-0.15, -0.1) is 0 Å². The summed E-state index contributed by atoms with van der Waals surface area (Å²) < 4.78 is 31.2. The molecule has 0 aliphatic heterocycles. The van der Waals surface area contributed by atoms with Crippen LogP contribution in [0.1, 0.15) is 12.5 Å². The lowest BCUT2D eigenvalue weighted by molar-refractivity contribution is -0.127. The minimum atomic E-state index is -1.04. The lowest BCUT2D eigenvalue weighted by Crippen LogP contribution is -2.38. The summed E-state index contributed by atoms with van der Waals surface area (Å²) >= 11 is 0. The monoisotopic (exact) mass is 346 g/mol. The van der Waals surface area contributed by atoms with Gasteiger partial charge in [0.2, 0.25) is 0 Å². The topological polar surface area (TPSA) is 87.0 Å². The van der Waals surface area contributed by atoms with Crippen LogP contribution in [0.2, 0.25) is 0 Å². The number of carbonyl (C=O) groups excluding carboxylic acids is 1. The number of nitriles is 1. The Bertz CT molecular complexity index is 792. The standard InChI is InChI=1S/C17H16F2N4O2/c1-11(25-13-4-5-14(18)15(19)9-13)17(24)23-8-7-22-16-12(10-20)3-2-6-21-16/h2-6,9,11H,7-8H2,1H3,(H,21,22)(H,23,24). The highest BCUT2D eigenvalue weighted by Crippen LogP contribution is 2.16. The molecule has 0 aliphatic carbocycles. The van der Waals surface area contributed by atoms with Crippen LogP contribution in [0.25, 0.3) is 0 Å². The van der Waals surface area contributed by atoms with Crippen molar-refractivity contribution in [3.05, 3.63) is 53.7 Å². The second kappa shape index (κ2) is 8.59. The van der Waals surface area contributed by atoms with Gasteiger partial charge in [-0.3, -0.25) is 4.79 Å². The molecule has 130 valence electrons. The van der Waals surface area contributed by atoms with Crippen molar-refractivity contribution in [1.82, 2.24) is 10.3 Å². The van der Waals surface area contributed by atoms with E-state index in [4.69, 9.17) is 10.00 Å². The summed E-state index contributed by atoms with van der Waals surface area (Å²) in [4.78, 5) is 16.0. The molecule has 0 fully saturated rings. The number of amides is 1. The third kappa shape index (κ3) is 5.14. The molecule has 1 atom stereocenters. The minimum absolute atomic E-state index is 0.0619.